The predicted octanol–water partition coefficient (Wildman–Crippen LogP) is 0.150. The van der Waals surface area contributed by atoms with E-state index in [9.17, 15) is 4.79 Å². The van der Waals surface area contributed by atoms with Gasteiger partial charge in [0.2, 0.25) is 5.91 Å². The molecule has 0 aliphatic rings. The molecular formula is C10H15NO3S. The molecule has 1 rings (SSSR count). The second kappa shape index (κ2) is 5.25. The fourth-order valence-electron chi connectivity index (χ4n) is 1.08. The Balaban J connectivity index is 2.49. The molecule has 0 bridgehead atoms. The number of carbonyl (C=O) groups is 1. The van der Waals surface area contributed by atoms with Crippen LogP contribution in [0.5, 0.6) is 0 Å². The molecule has 0 saturated heterocycles. The van der Waals surface area contributed by atoms with Gasteiger partial charge in [0.25, 0.3) is 0 Å². The Kier molecular flexibility index (Phi) is 4.26. The third-order valence-electron chi connectivity index (χ3n) is 2.05. The van der Waals surface area contributed by atoms with Crippen LogP contribution in [0.4, 0.5) is 0 Å². The van der Waals surface area contributed by atoms with E-state index in [2.05, 4.69) is 5.32 Å². The number of carbonyl (C=O) groups excluding carboxylic acids is 1. The Labute approximate surface area is 92.6 Å². The Morgan fingerprint density at radius 2 is 2.20 bits per heavy atom. The number of hydrogen-bond acceptors (Lipinski definition) is 4. The smallest absolute Gasteiger partial charge is 0.225 e. The van der Waals surface area contributed by atoms with Gasteiger partial charge in [0.15, 0.2) is 0 Å². The van der Waals surface area contributed by atoms with E-state index >= 15 is 0 Å². The van der Waals surface area contributed by atoms with Crippen LogP contribution in [-0.2, 0) is 11.2 Å². The molecule has 1 amide bonds. The van der Waals surface area contributed by atoms with Crippen LogP contribution >= 0.6 is 11.3 Å². The van der Waals surface area contributed by atoms with Crippen LogP contribution in [0.3, 0.4) is 0 Å². The summed E-state index contributed by atoms with van der Waals surface area (Å²) < 4.78 is 0. The Morgan fingerprint density at radius 3 is 2.67 bits per heavy atom. The molecule has 1 heterocycles. The van der Waals surface area contributed by atoms with E-state index in [0.29, 0.717) is 0 Å². The standard InChI is InChI=1S/C10H15NO3S/c1-10(6-12,7-13)11-9(14)5-8-3-2-4-15-8/h2-4,12-13H,5-7H2,1H3,(H,11,14). The highest BCUT2D eigenvalue weighted by molar-refractivity contribution is 7.10. The third kappa shape index (κ3) is 3.62. The minimum absolute atomic E-state index is 0.192. The van der Waals surface area contributed by atoms with Gasteiger partial charge in [-0.25, -0.2) is 0 Å². The van der Waals surface area contributed by atoms with Crippen LogP contribution in [0.15, 0.2) is 17.5 Å². The molecular weight excluding hydrogens is 214 g/mol. The lowest BCUT2D eigenvalue weighted by Crippen LogP contribution is -2.52. The zero-order chi connectivity index (χ0) is 11.3. The quantitative estimate of drug-likeness (QED) is 0.673. The predicted molar refractivity (Wildman–Crippen MR) is 58.7 cm³/mol. The van der Waals surface area contributed by atoms with Gasteiger partial charge in [-0.1, -0.05) is 6.07 Å². The molecule has 15 heavy (non-hydrogen) atoms. The fourth-order valence-corrected chi connectivity index (χ4v) is 1.78. The van der Waals surface area contributed by atoms with Crippen molar-refractivity contribution in [2.45, 2.75) is 18.9 Å². The monoisotopic (exact) mass is 229 g/mol. The molecule has 5 heteroatoms. The van der Waals surface area contributed by atoms with Gasteiger partial charge in [-0.2, -0.15) is 0 Å². The summed E-state index contributed by atoms with van der Waals surface area (Å²) in [6, 6.07) is 3.75. The van der Waals surface area contributed by atoms with Gasteiger partial charge in [0, 0.05) is 4.88 Å². The van der Waals surface area contributed by atoms with E-state index < -0.39 is 5.54 Å². The van der Waals surface area contributed by atoms with E-state index in [1.807, 2.05) is 17.5 Å². The Hall–Kier alpha value is -0.910. The first kappa shape index (κ1) is 12.2. The van der Waals surface area contributed by atoms with E-state index in [4.69, 9.17) is 10.2 Å². The summed E-state index contributed by atoms with van der Waals surface area (Å²) in [7, 11) is 0. The summed E-state index contributed by atoms with van der Waals surface area (Å²) in [5.41, 5.74) is -0.936. The average Bonchev–Trinajstić information content (AvgIpc) is 2.70. The molecule has 1 aromatic rings. The molecule has 4 nitrogen and oxygen atoms in total. The van der Waals surface area contributed by atoms with Crippen molar-refractivity contribution in [2.75, 3.05) is 13.2 Å². The van der Waals surface area contributed by atoms with Crippen molar-refractivity contribution < 1.29 is 15.0 Å². The summed E-state index contributed by atoms with van der Waals surface area (Å²) in [6.45, 7) is 1.04. The molecule has 0 spiro atoms. The lowest BCUT2D eigenvalue weighted by molar-refractivity contribution is -0.123. The maximum absolute atomic E-state index is 11.5. The van der Waals surface area contributed by atoms with Gasteiger partial charge in [-0.3, -0.25) is 4.79 Å². The average molecular weight is 229 g/mol. The largest absolute Gasteiger partial charge is 0.394 e. The highest BCUT2D eigenvalue weighted by Gasteiger charge is 2.24. The minimum Gasteiger partial charge on any atom is -0.394 e. The number of aliphatic hydroxyl groups is 2. The van der Waals surface area contributed by atoms with Crippen LogP contribution < -0.4 is 5.32 Å². The molecule has 0 atom stereocenters. The molecule has 0 aliphatic carbocycles. The van der Waals surface area contributed by atoms with Gasteiger partial charge in [0.1, 0.15) is 0 Å². The normalized spacial score (nSPS) is 11.4. The zero-order valence-corrected chi connectivity index (χ0v) is 9.38. The first-order valence-corrected chi connectivity index (χ1v) is 5.53. The highest BCUT2D eigenvalue weighted by atomic mass is 32.1. The second-order valence-electron chi connectivity index (χ2n) is 3.68. The zero-order valence-electron chi connectivity index (χ0n) is 8.56. The van der Waals surface area contributed by atoms with Crippen molar-refractivity contribution in [1.82, 2.24) is 5.32 Å². The van der Waals surface area contributed by atoms with Gasteiger partial charge in [0.05, 0.1) is 25.2 Å². The van der Waals surface area contributed by atoms with Crippen LogP contribution in [0.25, 0.3) is 0 Å². The van der Waals surface area contributed by atoms with Gasteiger partial charge in [-0.05, 0) is 18.4 Å². The SMILES string of the molecule is CC(CO)(CO)NC(=O)Cc1cccs1. The van der Waals surface area contributed by atoms with Crippen molar-refractivity contribution in [3.05, 3.63) is 22.4 Å². The minimum atomic E-state index is -0.936. The number of nitrogens with one attached hydrogen (secondary N) is 1. The maximum Gasteiger partial charge on any atom is 0.225 e. The van der Waals surface area contributed by atoms with Crippen molar-refractivity contribution >= 4 is 17.2 Å². The topological polar surface area (TPSA) is 69.6 Å². The number of hydrogen-bond donors (Lipinski definition) is 3. The first-order valence-electron chi connectivity index (χ1n) is 4.65. The van der Waals surface area contributed by atoms with E-state index in [0.717, 1.165) is 4.88 Å². The molecule has 3 N–H and O–H groups in total. The first-order chi connectivity index (χ1) is 7.09. The third-order valence-corrected chi connectivity index (χ3v) is 2.93. The van der Waals surface area contributed by atoms with E-state index in [-0.39, 0.29) is 25.5 Å². The summed E-state index contributed by atoms with van der Waals surface area (Å²) in [4.78, 5) is 12.5. The summed E-state index contributed by atoms with van der Waals surface area (Å²) in [6.07, 6.45) is 0.285. The number of thiophene rings is 1. The second-order valence-corrected chi connectivity index (χ2v) is 4.71. The summed E-state index contributed by atoms with van der Waals surface area (Å²) in [5.74, 6) is -0.192. The number of rotatable bonds is 5. The van der Waals surface area contributed by atoms with Crippen LogP contribution in [0.1, 0.15) is 11.8 Å². The van der Waals surface area contributed by atoms with Crippen LogP contribution in [-0.4, -0.2) is 34.9 Å². The highest BCUT2D eigenvalue weighted by Crippen LogP contribution is 2.10. The molecule has 0 aromatic carbocycles. The summed E-state index contributed by atoms with van der Waals surface area (Å²) in [5, 5.41) is 22.5. The van der Waals surface area contributed by atoms with Crippen molar-refractivity contribution in [3.8, 4) is 0 Å². The van der Waals surface area contributed by atoms with Gasteiger partial charge >= 0.3 is 0 Å². The van der Waals surface area contributed by atoms with E-state index in [1.165, 1.54) is 11.3 Å². The number of amides is 1. The lowest BCUT2D eigenvalue weighted by Gasteiger charge is -2.25. The van der Waals surface area contributed by atoms with Crippen molar-refractivity contribution in [2.24, 2.45) is 0 Å². The molecule has 0 fully saturated rings. The maximum atomic E-state index is 11.5. The summed E-state index contributed by atoms with van der Waals surface area (Å²) >= 11 is 1.51. The Bertz CT molecular complexity index is 306. The fraction of sp³-hybridized carbons (Fsp3) is 0.500. The lowest BCUT2D eigenvalue weighted by atomic mass is 10.1. The van der Waals surface area contributed by atoms with Crippen LogP contribution in [0.2, 0.25) is 0 Å². The molecule has 84 valence electrons. The van der Waals surface area contributed by atoms with Crippen LogP contribution in [0, 0.1) is 0 Å². The molecule has 0 aliphatic heterocycles. The van der Waals surface area contributed by atoms with Gasteiger partial charge in [-0.15, -0.1) is 11.3 Å². The van der Waals surface area contributed by atoms with Crippen molar-refractivity contribution in [3.63, 3.8) is 0 Å². The van der Waals surface area contributed by atoms with Gasteiger partial charge < -0.3 is 15.5 Å². The molecule has 0 radical (unpaired) electrons. The number of aliphatic hydroxyl groups excluding tert-OH is 2. The molecule has 0 saturated carbocycles. The Morgan fingerprint density at radius 1 is 1.53 bits per heavy atom. The van der Waals surface area contributed by atoms with E-state index in [1.54, 1.807) is 6.92 Å². The van der Waals surface area contributed by atoms with Crippen molar-refractivity contribution in [1.29, 1.82) is 0 Å². The molecule has 0 unspecified atom stereocenters. The molecule has 1 aromatic heterocycles.